The molecule has 0 aromatic heterocycles. The van der Waals surface area contributed by atoms with Crippen LogP contribution >= 0.6 is 11.6 Å². The summed E-state index contributed by atoms with van der Waals surface area (Å²) < 4.78 is 0. The van der Waals surface area contributed by atoms with Gasteiger partial charge in [0.25, 0.3) is 0 Å². The van der Waals surface area contributed by atoms with Gasteiger partial charge >= 0.3 is 0 Å². The smallest absolute Gasteiger partial charge is 0.0406 e. The summed E-state index contributed by atoms with van der Waals surface area (Å²) in [5, 5.41) is 4.39. The van der Waals surface area contributed by atoms with Gasteiger partial charge in [-0.2, -0.15) is 0 Å². The molecule has 1 aromatic rings. The lowest BCUT2D eigenvalue weighted by Gasteiger charge is -2.43. The number of hydrogen-bond acceptors (Lipinski definition) is 1. The minimum Gasteiger partial charge on any atom is -0.316 e. The summed E-state index contributed by atoms with van der Waals surface area (Å²) in [7, 11) is 0. The number of nitrogens with one attached hydrogen (secondary N) is 1. The molecule has 1 aromatic carbocycles. The Bertz CT molecular complexity index is 396. The molecule has 2 atom stereocenters. The van der Waals surface area contributed by atoms with E-state index < -0.39 is 0 Å². The predicted octanol–water partition coefficient (Wildman–Crippen LogP) is 3.83. The maximum Gasteiger partial charge on any atom is 0.0406 e. The number of hydrogen-bond donors (Lipinski definition) is 1. The van der Waals surface area contributed by atoms with Gasteiger partial charge in [-0.15, -0.1) is 0 Å². The lowest BCUT2D eigenvalue weighted by molar-refractivity contribution is 0.154. The molecule has 2 aliphatic rings. The second-order valence-electron chi connectivity index (χ2n) is 5.84. The van der Waals surface area contributed by atoms with Gasteiger partial charge in [0.1, 0.15) is 0 Å². The van der Waals surface area contributed by atoms with Crippen LogP contribution < -0.4 is 5.32 Å². The quantitative estimate of drug-likeness (QED) is 0.840. The first-order valence-corrected chi connectivity index (χ1v) is 7.04. The van der Waals surface area contributed by atoms with E-state index in [1.807, 2.05) is 12.1 Å². The van der Waals surface area contributed by atoms with Crippen molar-refractivity contribution in [3.8, 4) is 0 Å². The molecule has 3 rings (SSSR count). The molecule has 0 amide bonds. The van der Waals surface area contributed by atoms with Crippen molar-refractivity contribution in [2.45, 2.75) is 32.1 Å². The Morgan fingerprint density at radius 3 is 2.59 bits per heavy atom. The molecule has 1 aliphatic carbocycles. The molecule has 0 radical (unpaired) electrons. The summed E-state index contributed by atoms with van der Waals surface area (Å²) in [5.41, 5.74) is 1.95. The number of halogens is 1. The average Bonchev–Trinajstić information content (AvgIpc) is 3.15. The lowest BCUT2D eigenvalue weighted by atomic mass is 9.66. The molecule has 0 bridgehead atoms. The van der Waals surface area contributed by atoms with E-state index in [2.05, 4.69) is 24.4 Å². The van der Waals surface area contributed by atoms with E-state index in [0.717, 1.165) is 17.5 Å². The molecule has 2 heteroatoms. The van der Waals surface area contributed by atoms with E-state index in [9.17, 15) is 0 Å². The molecular weight excluding hydrogens is 230 g/mol. The Balaban J connectivity index is 1.90. The van der Waals surface area contributed by atoms with Crippen LogP contribution in [0.2, 0.25) is 5.02 Å². The number of rotatable bonds is 2. The Hall–Kier alpha value is -0.530. The highest BCUT2D eigenvalue weighted by atomic mass is 35.5. The van der Waals surface area contributed by atoms with Crippen LogP contribution in [0, 0.1) is 11.3 Å². The van der Waals surface area contributed by atoms with Gasteiger partial charge in [-0.25, -0.2) is 0 Å². The first kappa shape index (κ1) is 11.6. The lowest BCUT2D eigenvalue weighted by Crippen LogP contribution is -2.43. The summed E-state index contributed by atoms with van der Waals surface area (Å²) in [6, 6.07) is 8.47. The maximum absolute atomic E-state index is 5.98. The van der Waals surface area contributed by atoms with Crippen molar-refractivity contribution < 1.29 is 0 Å². The van der Waals surface area contributed by atoms with E-state index in [4.69, 9.17) is 11.6 Å². The minimum atomic E-state index is 0.499. The van der Waals surface area contributed by atoms with Gasteiger partial charge in [0.05, 0.1) is 0 Å². The first-order chi connectivity index (χ1) is 8.20. The van der Waals surface area contributed by atoms with Gasteiger partial charge in [0.15, 0.2) is 0 Å². The fourth-order valence-electron chi connectivity index (χ4n) is 3.44. The van der Waals surface area contributed by atoms with E-state index >= 15 is 0 Å². The zero-order valence-corrected chi connectivity index (χ0v) is 11.1. The van der Waals surface area contributed by atoms with Crippen LogP contribution in [0.15, 0.2) is 24.3 Å². The van der Waals surface area contributed by atoms with Crippen molar-refractivity contribution in [2.75, 3.05) is 13.1 Å². The van der Waals surface area contributed by atoms with Crippen molar-refractivity contribution in [1.29, 1.82) is 0 Å². The molecular formula is C15H20ClN. The van der Waals surface area contributed by atoms with Gasteiger partial charge < -0.3 is 5.32 Å². The zero-order chi connectivity index (χ0) is 11.9. The van der Waals surface area contributed by atoms with E-state index in [-0.39, 0.29) is 0 Å². The third-order valence-electron chi connectivity index (χ3n) is 4.77. The van der Waals surface area contributed by atoms with Crippen LogP contribution in [0.5, 0.6) is 0 Å². The van der Waals surface area contributed by atoms with Crippen molar-refractivity contribution in [3.63, 3.8) is 0 Å². The summed E-state index contributed by atoms with van der Waals surface area (Å²) >= 11 is 5.98. The highest BCUT2D eigenvalue weighted by Crippen LogP contribution is 2.55. The van der Waals surface area contributed by atoms with E-state index in [1.165, 1.54) is 31.4 Å². The van der Waals surface area contributed by atoms with Gasteiger partial charge in [0.2, 0.25) is 0 Å². The predicted molar refractivity (Wildman–Crippen MR) is 72.5 cm³/mol. The molecule has 1 saturated heterocycles. The van der Waals surface area contributed by atoms with Crippen LogP contribution in [0.4, 0.5) is 0 Å². The third kappa shape index (κ3) is 2.11. The Labute approximate surface area is 109 Å². The molecule has 17 heavy (non-hydrogen) atoms. The monoisotopic (exact) mass is 249 g/mol. The molecule has 2 unspecified atom stereocenters. The standard InChI is InChI=1S/C15H20ClN/c1-15(12-4-5-12)8-9-17-10-14(15)11-2-6-13(16)7-3-11/h2-3,6-7,12,14,17H,4-5,8-10H2,1H3. The molecule has 0 spiro atoms. The number of piperidine rings is 1. The molecule has 1 heterocycles. The third-order valence-corrected chi connectivity index (χ3v) is 5.02. The van der Waals surface area contributed by atoms with E-state index in [0.29, 0.717) is 11.3 Å². The van der Waals surface area contributed by atoms with Gasteiger partial charge in [-0.1, -0.05) is 30.7 Å². The van der Waals surface area contributed by atoms with Crippen LogP contribution in [0.1, 0.15) is 37.7 Å². The number of benzene rings is 1. The van der Waals surface area contributed by atoms with Crippen LogP contribution in [-0.2, 0) is 0 Å². The van der Waals surface area contributed by atoms with Gasteiger partial charge in [0, 0.05) is 17.5 Å². The molecule has 92 valence electrons. The summed E-state index contributed by atoms with van der Waals surface area (Å²) in [4.78, 5) is 0. The normalized spacial score (nSPS) is 33.6. The highest BCUT2D eigenvalue weighted by molar-refractivity contribution is 6.30. The molecule has 1 N–H and O–H groups in total. The molecule has 1 saturated carbocycles. The molecule has 1 nitrogen and oxygen atoms in total. The van der Waals surface area contributed by atoms with Crippen molar-refractivity contribution in [1.82, 2.24) is 5.32 Å². The highest BCUT2D eigenvalue weighted by Gasteiger charge is 2.47. The van der Waals surface area contributed by atoms with Crippen LogP contribution in [-0.4, -0.2) is 13.1 Å². The minimum absolute atomic E-state index is 0.499. The molecule has 1 aliphatic heterocycles. The van der Waals surface area contributed by atoms with Crippen molar-refractivity contribution >= 4 is 11.6 Å². The Kier molecular flexibility index (Phi) is 2.92. The topological polar surface area (TPSA) is 12.0 Å². The van der Waals surface area contributed by atoms with Crippen LogP contribution in [0.25, 0.3) is 0 Å². The Morgan fingerprint density at radius 1 is 1.24 bits per heavy atom. The fraction of sp³-hybridized carbons (Fsp3) is 0.600. The van der Waals surface area contributed by atoms with Crippen LogP contribution in [0.3, 0.4) is 0 Å². The SMILES string of the molecule is CC1(C2CC2)CCNCC1c1ccc(Cl)cc1. The summed E-state index contributed by atoms with van der Waals surface area (Å²) in [6.07, 6.45) is 4.17. The van der Waals surface area contributed by atoms with E-state index in [1.54, 1.807) is 0 Å². The first-order valence-electron chi connectivity index (χ1n) is 6.66. The average molecular weight is 250 g/mol. The Morgan fingerprint density at radius 2 is 1.94 bits per heavy atom. The summed E-state index contributed by atoms with van der Waals surface area (Å²) in [5.74, 6) is 1.60. The largest absolute Gasteiger partial charge is 0.316 e. The van der Waals surface area contributed by atoms with Gasteiger partial charge in [-0.3, -0.25) is 0 Å². The zero-order valence-electron chi connectivity index (χ0n) is 10.4. The van der Waals surface area contributed by atoms with Gasteiger partial charge in [-0.05, 0) is 54.8 Å². The van der Waals surface area contributed by atoms with Crippen molar-refractivity contribution in [2.24, 2.45) is 11.3 Å². The maximum atomic E-state index is 5.98. The second kappa shape index (κ2) is 4.29. The second-order valence-corrected chi connectivity index (χ2v) is 6.27. The molecule has 2 fully saturated rings. The fourth-order valence-corrected chi connectivity index (χ4v) is 3.56. The van der Waals surface area contributed by atoms with Crippen molar-refractivity contribution in [3.05, 3.63) is 34.9 Å². The summed E-state index contributed by atoms with van der Waals surface area (Å²) in [6.45, 7) is 4.79.